The second-order valence-corrected chi connectivity index (χ2v) is 12.3. The summed E-state index contributed by atoms with van der Waals surface area (Å²) in [5.41, 5.74) is 1.97. The average Bonchev–Trinajstić information content (AvgIpc) is 2.81. The molecule has 0 bridgehead atoms. The number of benzene rings is 1. The molecule has 186 valence electrons. The molecule has 0 aliphatic carbocycles. The summed E-state index contributed by atoms with van der Waals surface area (Å²) in [6.45, 7) is 9.76. The first kappa shape index (κ1) is 24.9. The van der Waals surface area contributed by atoms with Crippen molar-refractivity contribution in [2.45, 2.75) is 51.9 Å². The van der Waals surface area contributed by atoms with Crippen LogP contribution >= 0.6 is 0 Å². The van der Waals surface area contributed by atoms with Gasteiger partial charge in [0, 0.05) is 30.5 Å². The van der Waals surface area contributed by atoms with E-state index in [1.165, 1.54) is 19.3 Å². The summed E-state index contributed by atoms with van der Waals surface area (Å²) in [4.78, 5) is 16.2. The van der Waals surface area contributed by atoms with Gasteiger partial charge in [-0.1, -0.05) is 26.8 Å². The summed E-state index contributed by atoms with van der Waals surface area (Å²) in [6, 6.07) is 10.9. The first-order chi connectivity index (χ1) is 16.6. The zero-order valence-electron chi connectivity index (χ0n) is 20.9. The minimum atomic E-state index is -3.40. The molecule has 0 spiro atoms. The summed E-state index contributed by atoms with van der Waals surface area (Å²) in [5.74, 6) is 2.10. The maximum Gasteiger partial charge on any atom is 0.229 e. The van der Waals surface area contributed by atoms with Crippen molar-refractivity contribution in [2.75, 3.05) is 34.4 Å². The van der Waals surface area contributed by atoms with Crippen LogP contribution in [0.1, 0.15) is 45.6 Å². The Morgan fingerprint density at radius 1 is 0.943 bits per heavy atom. The van der Waals surface area contributed by atoms with Gasteiger partial charge >= 0.3 is 0 Å². The van der Waals surface area contributed by atoms with E-state index in [9.17, 15) is 8.42 Å². The fraction of sp³-hybridized carbons (Fsp3) is 0.423. The Hall–Kier alpha value is -3.20. The summed E-state index contributed by atoms with van der Waals surface area (Å²) in [7, 11) is -3.40. The molecule has 1 aromatic carbocycles. The molecule has 2 N–H and O–H groups in total. The van der Waals surface area contributed by atoms with Crippen LogP contribution < -0.4 is 15.5 Å². The van der Waals surface area contributed by atoms with Crippen molar-refractivity contribution >= 4 is 38.8 Å². The van der Waals surface area contributed by atoms with Gasteiger partial charge in [0.15, 0.2) is 9.84 Å². The monoisotopic (exact) mass is 494 g/mol. The topological polar surface area (TPSA) is 100 Å². The number of hydrogen-bond acceptors (Lipinski definition) is 8. The largest absolute Gasteiger partial charge is 0.357 e. The lowest BCUT2D eigenvalue weighted by Gasteiger charge is -2.27. The quantitative estimate of drug-likeness (QED) is 0.445. The highest BCUT2D eigenvalue weighted by atomic mass is 32.2. The maximum atomic E-state index is 12.8. The number of hydrogen-bond donors (Lipinski definition) is 2. The molecule has 0 amide bonds. The number of piperidine rings is 1. The highest BCUT2D eigenvalue weighted by Gasteiger charge is 2.23. The Kier molecular flexibility index (Phi) is 7.25. The summed E-state index contributed by atoms with van der Waals surface area (Å²) in [6.07, 6.45) is 7.23. The normalized spacial score (nSPS) is 14.6. The third-order valence-corrected chi connectivity index (χ3v) is 7.95. The van der Waals surface area contributed by atoms with Crippen LogP contribution in [0.3, 0.4) is 0 Å². The van der Waals surface area contributed by atoms with E-state index < -0.39 is 9.84 Å². The van der Waals surface area contributed by atoms with E-state index in [2.05, 4.69) is 30.5 Å². The van der Waals surface area contributed by atoms with Gasteiger partial charge in [0.1, 0.15) is 11.6 Å². The van der Waals surface area contributed by atoms with Crippen LogP contribution in [0.2, 0.25) is 0 Å². The Morgan fingerprint density at radius 2 is 1.71 bits per heavy atom. The van der Waals surface area contributed by atoms with Gasteiger partial charge in [-0.15, -0.1) is 0 Å². The maximum absolute atomic E-state index is 12.8. The van der Waals surface area contributed by atoms with Crippen LogP contribution in [0.5, 0.6) is 0 Å². The molecule has 8 nitrogen and oxygen atoms in total. The zero-order valence-corrected chi connectivity index (χ0v) is 21.7. The van der Waals surface area contributed by atoms with Crippen molar-refractivity contribution < 1.29 is 8.42 Å². The van der Waals surface area contributed by atoms with E-state index >= 15 is 0 Å². The van der Waals surface area contributed by atoms with Crippen LogP contribution in [0.15, 0.2) is 53.7 Å². The second-order valence-electron chi connectivity index (χ2n) is 10.3. The predicted molar refractivity (Wildman–Crippen MR) is 142 cm³/mol. The third kappa shape index (κ3) is 6.69. The standard InChI is InChI=1S/C26H34N6O2S/c1-19-16-28-25(30-21-11-12-23(27-17-21)32-13-6-5-7-14-32)31-24(19)29-20-9-8-10-22(15-20)35(33,34)18-26(2,3)4/h8-12,15-17H,5-7,13-14,18H2,1-4H3,(H2,28,29,30,31). The van der Waals surface area contributed by atoms with Gasteiger partial charge in [-0.25, -0.2) is 18.4 Å². The molecule has 1 fully saturated rings. The van der Waals surface area contributed by atoms with Crippen molar-refractivity contribution in [3.63, 3.8) is 0 Å². The number of nitrogens with one attached hydrogen (secondary N) is 2. The first-order valence-corrected chi connectivity index (χ1v) is 13.7. The fourth-order valence-corrected chi connectivity index (χ4v) is 5.98. The molecule has 35 heavy (non-hydrogen) atoms. The summed E-state index contributed by atoms with van der Waals surface area (Å²) in [5, 5.41) is 6.46. The van der Waals surface area contributed by atoms with E-state index in [0.717, 1.165) is 30.2 Å². The second kappa shape index (κ2) is 10.2. The van der Waals surface area contributed by atoms with Gasteiger partial charge in [-0.05, 0) is 61.9 Å². The van der Waals surface area contributed by atoms with Gasteiger partial charge in [0.25, 0.3) is 0 Å². The van der Waals surface area contributed by atoms with E-state index in [-0.39, 0.29) is 11.2 Å². The lowest BCUT2D eigenvalue weighted by atomic mass is 10.0. The number of nitrogens with zero attached hydrogens (tertiary/aromatic N) is 4. The molecule has 0 unspecified atom stereocenters. The van der Waals surface area contributed by atoms with Crippen molar-refractivity contribution in [2.24, 2.45) is 5.41 Å². The van der Waals surface area contributed by atoms with Gasteiger partial charge in [0.2, 0.25) is 5.95 Å². The third-order valence-electron chi connectivity index (χ3n) is 5.73. The smallest absolute Gasteiger partial charge is 0.229 e. The van der Waals surface area contributed by atoms with Crippen LogP contribution in [0, 0.1) is 12.3 Å². The SMILES string of the molecule is Cc1cnc(Nc2ccc(N3CCCCC3)nc2)nc1Nc1cccc(S(=O)(=O)CC(C)(C)C)c1. The Morgan fingerprint density at radius 3 is 2.40 bits per heavy atom. The van der Waals surface area contributed by atoms with Crippen molar-refractivity contribution in [1.82, 2.24) is 15.0 Å². The highest BCUT2D eigenvalue weighted by molar-refractivity contribution is 7.91. The minimum Gasteiger partial charge on any atom is -0.357 e. The number of sulfone groups is 1. The Bertz CT molecular complexity index is 1260. The fourth-order valence-electron chi connectivity index (χ4n) is 4.09. The number of aryl methyl sites for hydroxylation is 1. The number of aromatic nitrogens is 3. The molecule has 0 atom stereocenters. The van der Waals surface area contributed by atoms with Gasteiger partial charge in [-0.3, -0.25) is 0 Å². The molecular formula is C26H34N6O2S. The first-order valence-electron chi connectivity index (χ1n) is 12.0. The molecule has 0 radical (unpaired) electrons. The van der Waals surface area contributed by atoms with Crippen molar-refractivity contribution in [1.29, 1.82) is 0 Å². The molecule has 4 rings (SSSR count). The van der Waals surface area contributed by atoms with Gasteiger partial charge in [-0.2, -0.15) is 4.98 Å². The molecule has 9 heteroatoms. The van der Waals surface area contributed by atoms with Crippen LogP contribution in [0.25, 0.3) is 0 Å². The molecule has 3 heterocycles. The Labute approximate surface area is 208 Å². The summed E-state index contributed by atoms with van der Waals surface area (Å²) < 4.78 is 25.7. The molecule has 1 saturated heterocycles. The summed E-state index contributed by atoms with van der Waals surface area (Å²) >= 11 is 0. The zero-order chi connectivity index (χ0) is 25.1. The highest BCUT2D eigenvalue weighted by Crippen LogP contribution is 2.26. The molecule has 0 saturated carbocycles. The van der Waals surface area contributed by atoms with Crippen LogP contribution in [-0.2, 0) is 9.84 Å². The van der Waals surface area contributed by atoms with Crippen LogP contribution in [-0.4, -0.2) is 42.2 Å². The van der Waals surface area contributed by atoms with E-state index in [1.54, 1.807) is 30.6 Å². The Balaban J connectivity index is 1.48. The van der Waals surface area contributed by atoms with Gasteiger partial charge < -0.3 is 15.5 Å². The number of anilines is 5. The molecule has 3 aromatic rings. The van der Waals surface area contributed by atoms with Crippen molar-refractivity contribution in [3.05, 3.63) is 54.4 Å². The van der Waals surface area contributed by atoms with E-state index in [4.69, 9.17) is 0 Å². The molecular weight excluding hydrogens is 460 g/mol. The number of rotatable bonds is 7. The van der Waals surface area contributed by atoms with Gasteiger partial charge in [0.05, 0.1) is 22.5 Å². The molecule has 1 aliphatic rings. The van der Waals surface area contributed by atoms with E-state index in [1.807, 2.05) is 45.9 Å². The molecule has 2 aromatic heterocycles. The minimum absolute atomic E-state index is 0.0780. The predicted octanol–water partition coefficient (Wildman–Crippen LogP) is 5.48. The lowest BCUT2D eigenvalue weighted by molar-refractivity contribution is 0.462. The van der Waals surface area contributed by atoms with Crippen LogP contribution in [0.4, 0.5) is 29.0 Å². The number of pyridine rings is 1. The van der Waals surface area contributed by atoms with E-state index in [0.29, 0.717) is 22.3 Å². The van der Waals surface area contributed by atoms with Crippen molar-refractivity contribution in [3.8, 4) is 0 Å². The molecule has 1 aliphatic heterocycles. The average molecular weight is 495 g/mol. The lowest BCUT2D eigenvalue weighted by Crippen LogP contribution is -2.29.